The van der Waals surface area contributed by atoms with Crippen LogP contribution in [-0.2, 0) is 0 Å². The van der Waals surface area contributed by atoms with Crippen LogP contribution < -0.4 is 9.80 Å². The lowest BCUT2D eigenvalue weighted by Crippen LogP contribution is -2.25. The number of para-hydroxylation sites is 4. The first kappa shape index (κ1) is 19.6. The quantitative estimate of drug-likeness (QED) is 0.329. The maximum atomic E-state index is 10.5. The molecule has 0 saturated heterocycles. The van der Waals surface area contributed by atoms with Crippen molar-refractivity contribution in [1.29, 1.82) is 0 Å². The monoisotopic (exact) mass is 455 g/mol. The summed E-state index contributed by atoms with van der Waals surface area (Å²) >= 11 is 0. The average molecular weight is 456 g/mol. The number of phenolic OH excluding ortho intramolecular Hbond substituents is 1. The van der Waals surface area contributed by atoms with Crippen molar-refractivity contribution in [2.24, 2.45) is 0 Å². The molecule has 6 heteroatoms. The molecule has 6 aromatic rings. The number of fused-ring (bicyclic) bond motifs is 4. The predicted molar refractivity (Wildman–Crippen MR) is 140 cm³/mol. The number of hydrogen-bond donors (Lipinski definition) is 1. The van der Waals surface area contributed by atoms with Crippen LogP contribution in [-0.4, -0.2) is 26.3 Å². The summed E-state index contributed by atoms with van der Waals surface area (Å²) in [6, 6.07) is 34.3. The first-order chi connectivity index (χ1) is 17.3. The summed E-state index contributed by atoms with van der Waals surface area (Å²) in [6.07, 6.45) is 1.78. The number of anilines is 4. The third-order valence-corrected chi connectivity index (χ3v) is 6.57. The van der Waals surface area contributed by atoms with E-state index in [0.717, 1.165) is 34.2 Å². The molecule has 168 valence electrons. The summed E-state index contributed by atoms with van der Waals surface area (Å²) in [7, 11) is 0. The van der Waals surface area contributed by atoms with Crippen molar-refractivity contribution in [1.82, 2.24) is 14.5 Å². The van der Waals surface area contributed by atoms with Gasteiger partial charge in [-0.1, -0.05) is 54.6 Å². The standard InChI is InChI=1S/C29H21N5O/c35-26-15-6-5-13-24(26)33-19-32(25-14-8-18-30-29(25)33)27-16-7-17-28(31-27)34-22-11-3-1-9-20(22)21-10-2-4-12-23(21)34/h1-18,35H,19H2. The second-order valence-electron chi connectivity index (χ2n) is 8.56. The van der Waals surface area contributed by atoms with Gasteiger partial charge in [0.1, 0.15) is 24.1 Å². The van der Waals surface area contributed by atoms with E-state index in [2.05, 4.69) is 63.0 Å². The van der Waals surface area contributed by atoms with E-state index in [0.29, 0.717) is 12.4 Å². The third kappa shape index (κ3) is 2.97. The van der Waals surface area contributed by atoms with E-state index in [9.17, 15) is 5.11 Å². The zero-order chi connectivity index (χ0) is 23.4. The van der Waals surface area contributed by atoms with Crippen molar-refractivity contribution in [3.05, 3.63) is 109 Å². The van der Waals surface area contributed by atoms with Crippen molar-refractivity contribution in [2.75, 3.05) is 16.5 Å². The number of nitrogens with zero attached hydrogens (tertiary/aromatic N) is 5. The molecule has 0 fully saturated rings. The first-order valence-corrected chi connectivity index (χ1v) is 11.5. The Morgan fingerprint density at radius 1 is 0.600 bits per heavy atom. The number of hydrogen-bond acceptors (Lipinski definition) is 5. The van der Waals surface area contributed by atoms with E-state index in [1.807, 2.05) is 53.4 Å². The Kier molecular flexibility index (Phi) is 4.26. The molecule has 0 amide bonds. The van der Waals surface area contributed by atoms with Gasteiger partial charge in [-0.3, -0.25) is 4.57 Å². The molecule has 3 aromatic heterocycles. The maximum absolute atomic E-state index is 10.5. The molecule has 0 aliphatic carbocycles. The van der Waals surface area contributed by atoms with E-state index >= 15 is 0 Å². The fourth-order valence-electron chi connectivity index (χ4n) is 5.03. The van der Waals surface area contributed by atoms with Gasteiger partial charge in [-0.2, -0.15) is 0 Å². The number of rotatable bonds is 3. The molecule has 1 aliphatic rings. The number of aromatic hydroxyl groups is 1. The molecule has 1 N–H and O–H groups in total. The van der Waals surface area contributed by atoms with E-state index in [4.69, 9.17) is 4.98 Å². The predicted octanol–water partition coefficient (Wildman–Crippen LogP) is 6.53. The molecule has 0 atom stereocenters. The van der Waals surface area contributed by atoms with Gasteiger partial charge in [0.05, 0.1) is 22.4 Å². The molecule has 0 saturated carbocycles. The summed E-state index contributed by atoms with van der Waals surface area (Å²) < 4.78 is 2.22. The van der Waals surface area contributed by atoms with Gasteiger partial charge < -0.3 is 14.9 Å². The number of pyridine rings is 2. The Balaban J connectivity index is 1.38. The molecular weight excluding hydrogens is 434 g/mol. The van der Waals surface area contributed by atoms with Gasteiger partial charge in [0.25, 0.3) is 0 Å². The molecule has 1 aliphatic heterocycles. The van der Waals surface area contributed by atoms with Crippen LogP contribution in [0.15, 0.2) is 109 Å². The second-order valence-corrected chi connectivity index (χ2v) is 8.56. The Labute approximate surface area is 201 Å². The molecule has 3 aromatic carbocycles. The number of aromatic nitrogens is 3. The van der Waals surface area contributed by atoms with Crippen molar-refractivity contribution in [3.63, 3.8) is 0 Å². The zero-order valence-electron chi connectivity index (χ0n) is 18.8. The third-order valence-electron chi connectivity index (χ3n) is 6.57. The largest absolute Gasteiger partial charge is 0.506 e. The van der Waals surface area contributed by atoms with Crippen molar-refractivity contribution in [3.8, 4) is 11.6 Å². The van der Waals surface area contributed by atoms with Gasteiger partial charge in [-0.15, -0.1) is 0 Å². The first-order valence-electron chi connectivity index (χ1n) is 11.5. The van der Waals surface area contributed by atoms with E-state index in [-0.39, 0.29) is 5.75 Å². The van der Waals surface area contributed by atoms with Gasteiger partial charge in [-0.05, 0) is 48.5 Å². The Hall–Kier alpha value is -4.84. The number of benzene rings is 3. The summed E-state index contributed by atoms with van der Waals surface area (Å²) in [6.45, 7) is 0.494. The molecule has 0 unspecified atom stereocenters. The topological polar surface area (TPSA) is 57.4 Å². The second kappa shape index (κ2) is 7.60. The van der Waals surface area contributed by atoms with E-state index in [1.54, 1.807) is 12.3 Å². The maximum Gasteiger partial charge on any atom is 0.158 e. The molecule has 0 spiro atoms. The highest BCUT2D eigenvalue weighted by atomic mass is 16.3. The van der Waals surface area contributed by atoms with Gasteiger partial charge in [0.15, 0.2) is 5.82 Å². The molecule has 6 nitrogen and oxygen atoms in total. The molecule has 4 heterocycles. The Bertz CT molecular complexity index is 1670. The van der Waals surface area contributed by atoms with E-state index in [1.165, 1.54) is 10.8 Å². The van der Waals surface area contributed by atoms with Gasteiger partial charge >= 0.3 is 0 Å². The number of phenols is 1. The highest BCUT2D eigenvalue weighted by Gasteiger charge is 2.31. The van der Waals surface area contributed by atoms with Crippen LogP contribution in [0.4, 0.5) is 23.0 Å². The fourth-order valence-corrected chi connectivity index (χ4v) is 5.03. The minimum atomic E-state index is 0.220. The highest BCUT2D eigenvalue weighted by Crippen LogP contribution is 2.44. The summed E-state index contributed by atoms with van der Waals surface area (Å²) in [5, 5.41) is 12.9. The lowest BCUT2D eigenvalue weighted by Gasteiger charge is -2.22. The van der Waals surface area contributed by atoms with Gasteiger partial charge in [0, 0.05) is 17.0 Å². The average Bonchev–Trinajstić information content (AvgIpc) is 3.46. The van der Waals surface area contributed by atoms with Crippen molar-refractivity contribution in [2.45, 2.75) is 0 Å². The smallest absolute Gasteiger partial charge is 0.158 e. The van der Waals surface area contributed by atoms with Crippen LogP contribution in [0.2, 0.25) is 0 Å². The molecule has 35 heavy (non-hydrogen) atoms. The normalized spacial score (nSPS) is 13.0. The highest BCUT2D eigenvalue weighted by molar-refractivity contribution is 6.09. The fraction of sp³-hybridized carbons (Fsp3) is 0.0345. The van der Waals surface area contributed by atoms with Crippen LogP contribution in [0.3, 0.4) is 0 Å². The summed E-state index contributed by atoms with van der Waals surface area (Å²) in [5.74, 6) is 2.68. The molecule has 7 rings (SSSR count). The van der Waals surface area contributed by atoms with Crippen molar-refractivity contribution < 1.29 is 5.11 Å². The lowest BCUT2D eigenvalue weighted by atomic mass is 10.2. The van der Waals surface area contributed by atoms with E-state index < -0.39 is 0 Å². The van der Waals surface area contributed by atoms with Crippen LogP contribution >= 0.6 is 0 Å². The minimum absolute atomic E-state index is 0.220. The van der Waals surface area contributed by atoms with Crippen LogP contribution in [0, 0.1) is 0 Å². The van der Waals surface area contributed by atoms with Crippen molar-refractivity contribution >= 4 is 44.8 Å². The van der Waals surface area contributed by atoms with Crippen LogP contribution in [0.1, 0.15) is 0 Å². The zero-order valence-corrected chi connectivity index (χ0v) is 18.8. The van der Waals surface area contributed by atoms with Crippen LogP contribution in [0.25, 0.3) is 27.6 Å². The molecule has 0 radical (unpaired) electrons. The molecule has 0 bridgehead atoms. The van der Waals surface area contributed by atoms with Crippen LogP contribution in [0.5, 0.6) is 5.75 Å². The SMILES string of the molecule is Oc1ccccc1N1CN(c2cccc(-n3c4ccccc4c4ccccc43)n2)c2cccnc21. The molecular formula is C29H21N5O. The Morgan fingerprint density at radius 2 is 1.26 bits per heavy atom. The van der Waals surface area contributed by atoms with Gasteiger partial charge in [0.2, 0.25) is 0 Å². The summed E-state index contributed by atoms with van der Waals surface area (Å²) in [4.78, 5) is 13.9. The Morgan fingerprint density at radius 3 is 2.03 bits per heavy atom. The minimum Gasteiger partial charge on any atom is -0.506 e. The lowest BCUT2D eigenvalue weighted by molar-refractivity contribution is 0.475. The van der Waals surface area contributed by atoms with Gasteiger partial charge in [-0.25, -0.2) is 9.97 Å². The summed E-state index contributed by atoms with van der Waals surface area (Å²) in [5.41, 5.74) is 3.91.